The van der Waals surface area contributed by atoms with Gasteiger partial charge in [0.25, 0.3) is 0 Å². The highest BCUT2D eigenvalue weighted by atomic mass is 32.1. The van der Waals surface area contributed by atoms with Gasteiger partial charge in [-0.15, -0.1) is 11.3 Å². The highest BCUT2D eigenvalue weighted by molar-refractivity contribution is 7.18. The van der Waals surface area contributed by atoms with Crippen molar-refractivity contribution in [1.29, 1.82) is 0 Å². The number of aromatic nitrogens is 1. The molecule has 0 saturated carbocycles. The smallest absolute Gasteiger partial charge is 0.416 e. The Morgan fingerprint density at radius 2 is 2.16 bits per heavy atom. The standard InChI is InChI=1S/C12H10F3NO2S/c1-2-18-11(17)6-10-16-8-5-7(12(13,14)15)3-4-9(8)19-10/h3-5H,2,6H2,1H3. The second kappa shape index (κ2) is 5.16. The minimum atomic E-state index is -4.39. The Bertz CT molecular complexity index is 607. The number of ether oxygens (including phenoxy) is 1. The van der Waals surface area contributed by atoms with E-state index in [0.29, 0.717) is 9.71 Å². The van der Waals surface area contributed by atoms with Crippen molar-refractivity contribution in [2.24, 2.45) is 0 Å². The lowest BCUT2D eigenvalue weighted by Gasteiger charge is -2.04. The highest BCUT2D eigenvalue weighted by Crippen LogP contribution is 2.32. The van der Waals surface area contributed by atoms with Gasteiger partial charge in [-0.05, 0) is 25.1 Å². The molecule has 3 nitrogen and oxygen atoms in total. The summed E-state index contributed by atoms with van der Waals surface area (Å²) in [6.07, 6.45) is -4.41. The van der Waals surface area contributed by atoms with Crippen LogP contribution in [0.15, 0.2) is 18.2 Å². The van der Waals surface area contributed by atoms with Gasteiger partial charge in [-0.2, -0.15) is 13.2 Å². The summed E-state index contributed by atoms with van der Waals surface area (Å²) in [6, 6.07) is 3.36. The fourth-order valence-corrected chi connectivity index (χ4v) is 2.50. The van der Waals surface area contributed by atoms with E-state index < -0.39 is 17.7 Å². The van der Waals surface area contributed by atoms with Crippen molar-refractivity contribution in [3.05, 3.63) is 28.8 Å². The zero-order chi connectivity index (χ0) is 14.0. The Labute approximate surface area is 111 Å². The SMILES string of the molecule is CCOC(=O)Cc1nc2cc(C(F)(F)F)ccc2s1. The first-order valence-electron chi connectivity index (χ1n) is 5.52. The molecule has 7 heteroatoms. The lowest BCUT2D eigenvalue weighted by atomic mass is 10.2. The summed E-state index contributed by atoms with van der Waals surface area (Å²) in [5.41, 5.74) is -0.493. The van der Waals surface area contributed by atoms with Gasteiger partial charge in [0, 0.05) is 0 Å². The molecular weight excluding hydrogens is 279 g/mol. The van der Waals surface area contributed by atoms with E-state index in [4.69, 9.17) is 4.74 Å². The summed E-state index contributed by atoms with van der Waals surface area (Å²) in [5, 5.41) is 0.452. The predicted molar refractivity (Wildman–Crippen MR) is 65.0 cm³/mol. The van der Waals surface area contributed by atoms with E-state index in [2.05, 4.69) is 4.98 Å². The zero-order valence-electron chi connectivity index (χ0n) is 9.95. The maximum absolute atomic E-state index is 12.5. The topological polar surface area (TPSA) is 39.2 Å². The molecule has 0 radical (unpaired) electrons. The van der Waals surface area contributed by atoms with Crippen molar-refractivity contribution in [3.63, 3.8) is 0 Å². The van der Waals surface area contributed by atoms with Crippen LogP contribution in [0.5, 0.6) is 0 Å². The number of nitrogens with zero attached hydrogens (tertiary/aromatic N) is 1. The van der Waals surface area contributed by atoms with Gasteiger partial charge in [-0.25, -0.2) is 4.98 Å². The third kappa shape index (κ3) is 3.23. The fraction of sp³-hybridized carbons (Fsp3) is 0.333. The molecule has 0 amide bonds. The largest absolute Gasteiger partial charge is 0.466 e. The predicted octanol–water partition coefficient (Wildman–Crippen LogP) is 3.42. The number of halogens is 3. The van der Waals surface area contributed by atoms with Crippen LogP contribution in [0.3, 0.4) is 0 Å². The minimum Gasteiger partial charge on any atom is -0.466 e. The molecule has 0 aliphatic rings. The third-order valence-electron chi connectivity index (χ3n) is 2.36. The number of hydrogen-bond donors (Lipinski definition) is 0. The van der Waals surface area contributed by atoms with Crippen LogP contribution in [0.1, 0.15) is 17.5 Å². The maximum Gasteiger partial charge on any atom is 0.416 e. The Morgan fingerprint density at radius 3 is 2.79 bits per heavy atom. The van der Waals surface area contributed by atoms with Crippen molar-refractivity contribution in [1.82, 2.24) is 4.98 Å². The minimum absolute atomic E-state index is 0.0193. The van der Waals surface area contributed by atoms with Gasteiger partial charge in [0.15, 0.2) is 0 Å². The van der Waals surface area contributed by atoms with Gasteiger partial charge in [-0.1, -0.05) is 0 Å². The Kier molecular flexibility index (Phi) is 3.75. The molecule has 102 valence electrons. The molecule has 19 heavy (non-hydrogen) atoms. The first kappa shape index (κ1) is 13.8. The first-order valence-corrected chi connectivity index (χ1v) is 6.34. The van der Waals surface area contributed by atoms with Crippen molar-refractivity contribution in [2.45, 2.75) is 19.5 Å². The molecule has 0 spiro atoms. The molecule has 0 fully saturated rings. The lowest BCUT2D eigenvalue weighted by Crippen LogP contribution is -2.07. The Hall–Kier alpha value is -1.63. The lowest BCUT2D eigenvalue weighted by molar-refractivity contribution is -0.142. The molecule has 0 aliphatic carbocycles. The van der Waals surface area contributed by atoms with Crippen molar-refractivity contribution >= 4 is 27.5 Å². The summed E-state index contributed by atoms with van der Waals surface area (Å²) in [6.45, 7) is 1.95. The number of hydrogen-bond acceptors (Lipinski definition) is 4. The number of fused-ring (bicyclic) bond motifs is 1. The molecule has 2 aromatic rings. The summed E-state index contributed by atoms with van der Waals surface area (Å²) in [7, 11) is 0. The fourth-order valence-electron chi connectivity index (χ4n) is 1.56. The number of thiazole rings is 1. The van der Waals surface area contributed by atoms with Crippen LogP contribution in [0.25, 0.3) is 10.2 Å². The van der Waals surface area contributed by atoms with E-state index in [9.17, 15) is 18.0 Å². The van der Waals surface area contributed by atoms with Crippen LogP contribution < -0.4 is 0 Å². The molecule has 1 heterocycles. The van der Waals surface area contributed by atoms with E-state index in [0.717, 1.165) is 12.1 Å². The number of carbonyl (C=O) groups excluding carboxylic acids is 1. The molecule has 1 aromatic carbocycles. The monoisotopic (exact) mass is 289 g/mol. The van der Waals surface area contributed by atoms with E-state index >= 15 is 0 Å². The number of esters is 1. The number of rotatable bonds is 3. The second-order valence-corrected chi connectivity index (χ2v) is 4.88. The van der Waals surface area contributed by atoms with Crippen LogP contribution in [0.4, 0.5) is 13.2 Å². The summed E-state index contributed by atoms with van der Waals surface area (Å²) in [5.74, 6) is -0.433. The summed E-state index contributed by atoms with van der Waals surface area (Å²) < 4.78 is 43.0. The van der Waals surface area contributed by atoms with Crippen LogP contribution in [0, 0.1) is 0 Å². The van der Waals surface area contributed by atoms with Gasteiger partial charge in [-0.3, -0.25) is 4.79 Å². The highest BCUT2D eigenvalue weighted by Gasteiger charge is 2.30. The maximum atomic E-state index is 12.5. The average Bonchev–Trinajstić information content (AvgIpc) is 2.68. The molecule has 0 N–H and O–H groups in total. The average molecular weight is 289 g/mol. The van der Waals surface area contributed by atoms with Crippen LogP contribution in [-0.2, 0) is 22.1 Å². The molecular formula is C12H10F3NO2S. The Balaban J connectivity index is 2.28. The van der Waals surface area contributed by atoms with Crippen LogP contribution in [0.2, 0.25) is 0 Å². The van der Waals surface area contributed by atoms with Crippen LogP contribution in [-0.4, -0.2) is 17.6 Å². The Morgan fingerprint density at radius 1 is 1.42 bits per heavy atom. The molecule has 0 saturated heterocycles. The molecule has 0 aliphatic heterocycles. The van der Waals surface area contributed by atoms with Gasteiger partial charge in [0.2, 0.25) is 0 Å². The van der Waals surface area contributed by atoms with Crippen LogP contribution >= 0.6 is 11.3 Å². The summed E-state index contributed by atoms with van der Waals surface area (Å²) in [4.78, 5) is 15.3. The van der Waals surface area contributed by atoms with E-state index in [1.165, 1.54) is 17.4 Å². The molecule has 0 unspecified atom stereocenters. The van der Waals surface area contributed by atoms with Gasteiger partial charge in [0.05, 0.1) is 28.8 Å². The zero-order valence-corrected chi connectivity index (χ0v) is 10.8. The number of benzene rings is 1. The van der Waals surface area contributed by atoms with E-state index in [-0.39, 0.29) is 18.5 Å². The van der Waals surface area contributed by atoms with Gasteiger partial charge < -0.3 is 4.74 Å². The van der Waals surface area contributed by atoms with E-state index in [1.807, 2.05) is 0 Å². The van der Waals surface area contributed by atoms with Crippen molar-refractivity contribution in [3.8, 4) is 0 Å². The molecule has 1 aromatic heterocycles. The van der Waals surface area contributed by atoms with Crippen molar-refractivity contribution < 1.29 is 22.7 Å². The summed E-state index contributed by atoms with van der Waals surface area (Å²) >= 11 is 1.19. The third-order valence-corrected chi connectivity index (χ3v) is 3.40. The van der Waals surface area contributed by atoms with E-state index in [1.54, 1.807) is 6.92 Å². The van der Waals surface area contributed by atoms with Crippen molar-refractivity contribution in [2.75, 3.05) is 6.61 Å². The molecule has 0 bridgehead atoms. The number of carbonyl (C=O) groups is 1. The first-order chi connectivity index (χ1) is 8.90. The molecule has 0 atom stereocenters. The van der Waals surface area contributed by atoms with Gasteiger partial charge in [0.1, 0.15) is 5.01 Å². The van der Waals surface area contributed by atoms with Gasteiger partial charge >= 0.3 is 12.1 Å². The number of alkyl halides is 3. The normalized spacial score (nSPS) is 11.8. The quantitative estimate of drug-likeness (QED) is 0.813. The second-order valence-electron chi connectivity index (χ2n) is 3.77. The molecule has 2 rings (SSSR count).